The molecule has 29 heavy (non-hydrogen) atoms. The normalized spacial score (nSPS) is 11.9. The van der Waals surface area contributed by atoms with Crippen LogP contribution in [0.3, 0.4) is 0 Å². The van der Waals surface area contributed by atoms with E-state index in [1.807, 2.05) is 17.5 Å². The van der Waals surface area contributed by atoms with Crippen molar-refractivity contribution in [2.75, 3.05) is 10.1 Å². The second-order valence-corrected chi connectivity index (χ2v) is 8.87. The number of thiophene rings is 1. The predicted molar refractivity (Wildman–Crippen MR) is 116 cm³/mol. The van der Waals surface area contributed by atoms with Crippen LogP contribution in [0.1, 0.15) is 11.8 Å². The monoisotopic (exact) mass is 450 g/mol. The van der Waals surface area contributed by atoms with Gasteiger partial charge >= 0.3 is 0 Å². The molecule has 11 heteroatoms. The number of benzene rings is 2. The van der Waals surface area contributed by atoms with Gasteiger partial charge in [-0.1, -0.05) is 17.7 Å². The molecule has 0 aliphatic carbocycles. The zero-order chi connectivity index (χ0) is 21.0. The van der Waals surface area contributed by atoms with Crippen LogP contribution in [0.2, 0.25) is 5.02 Å². The Labute approximate surface area is 176 Å². The number of halogens is 1. The minimum absolute atomic E-state index is 0.105. The molecule has 3 rings (SSSR count). The van der Waals surface area contributed by atoms with E-state index in [9.17, 15) is 18.5 Å². The van der Waals surface area contributed by atoms with Gasteiger partial charge in [0.05, 0.1) is 16.3 Å². The highest BCUT2D eigenvalue weighted by atomic mass is 35.5. The number of non-ortho nitro benzene ring substituents is 1. The molecular formula is C18H15ClN4O4S2. The maximum absolute atomic E-state index is 12.9. The van der Waals surface area contributed by atoms with Gasteiger partial charge in [-0.25, -0.2) is 8.42 Å². The quantitative estimate of drug-likeness (QED) is 0.300. The molecule has 0 atom stereocenters. The third-order valence-corrected chi connectivity index (χ3v) is 6.44. The Bertz CT molecular complexity index is 1160. The number of rotatable bonds is 7. The number of sulfonamides is 1. The highest BCUT2D eigenvalue weighted by Crippen LogP contribution is 2.29. The SMILES string of the molecule is CC(=NNc1ccc([N+](=O)[O-])cc1S(=O)(=O)Nc1ccc(Cl)cc1)c1cccs1. The van der Waals surface area contributed by atoms with Crippen LogP contribution in [-0.4, -0.2) is 19.1 Å². The molecule has 1 aromatic heterocycles. The number of nitrogens with one attached hydrogen (secondary N) is 2. The van der Waals surface area contributed by atoms with Gasteiger partial charge in [-0.2, -0.15) is 5.10 Å². The van der Waals surface area contributed by atoms with Crippen molar-refractivity contribution in [3.63, 3.8) is 0 Å². The third-order valence-electron chi connectivity index (χ3n) is 3.78. The van der Waals surface area contributed by atoms with E-state index in [0.717, 1.165) is 10.9 Å². The number of nitrogens with zero attached hydrogens (tertiary/aromatic N) is 2. The van der Waals surface area contributed by atoms with Gasteiger partial charge in [0, 0.05) is 27.7 Å². The Kier molecular flexibility index (Phi) is 6.16. The number of anilines is 2. The molecule has 150 valence electrons. The summed E-state index contributed by atoms with van der Waals surface area (Å²) in [6.07, 6.45) is 0. The van der Waals surface area contributed by atoms with Crippen molar-refractivity contribution in [3.05, 3.63) is 80.0 Å². The molecule has 0 aliphatic rings. The fourth-order valence-electron chi connectivity index (χ4n) is 2.35. The summed E-state index contributed by atoms with van der Waals surface area (Å²) >= 11 is 7.30. The van der Waals surface area contributed by atoms with Crippen LogP contribution < -0.4 is 10.1 Å². The number of hydrogen-bond donors (Lipinski definition) is 2. The van der Waals surface area contributed by atoms with Gasteiger partial charge in [-0.3, -0.25) is 20.3 Å². The van der Waals surface area contributed by atoms with Crippen LogP contribution in [0.5, 0.6) is 0 Å². The number of nitro groups is 1. The van der Waals surface area contributed by atoms with Crippen LogP contribution in [0, 0.1) is 10.1 Å². The van der Waals surface area contributed by atoms with E-state index in [4.69, 9.17) is 11.6 Å². The van der Waals surface area contributed by atoms with Gasteiger partial charge in [0.15, 0.2) is 0 Å². The smallest absolute Gasteiger partial charge is 0.270 e. The molecule has 0 saturated heterocycles. The van der Waals surface area contributed by atoms with Crippen LogP contribution >= 0.6 is 22.9 Å². The molecule has 0 spiro atoms. The fraction of sp³-hybridized carbons (Fsp3) is 0.0556. The molecule has 0 unspecified atom stereocenters. The van der Waals surface area contributed by atoms with E-state index in [2.05, 4.69) is 15.2 Å². The first kappa shape index (κ1) is 20.8. The zero-order valence-electron chi connectivity index (χ0n) is 15.0. The van der Waals surface area contributed by atoms with Gasteiger partial charge in [-0.05, 0) is 48.7 Å². The Morgan fingerprint density at radius 3 is 2.52 bits per heavy atom. The highest BCUT2D eigenvalue weighted by molar-refractivity contribution is 7.92. The Morgan fingerprint density at radius 1 is 1.17 bits per heavy atom. The molecule has 0 aliphatic heterocycles. The minimum atomic E-state index is -4.14. The van der Waals surface area contributed by atoms with Gasteiger partial charge < -0.3 is 0 Å². The summed E-state index contributed by atoms with van der Waals surface area (Å²) < 4.78 is 28.2. The topological polar surface area (TPSA) is 114 Å². The van der Waals surface area contributed by atoms with Gasteiger partial charge in [0.1, 0.15) is 4.90 Å². The summed E-state index contributed by atoms with van der Waals surface area (Å²) in [5, 5.41) is 17.7. The lowest BCUT2D eigenvalue weighted by Gasteiger charge is -2.12. The summed E-state index contributed by atoms with van der Waals surface area (Å²) in [5.74, 6) is 0. The molecule has 2 N–H and O–H groups in total. The first-order valence-corrected chi connectivity index (χ1v) is 10.9. The number of nitro benzene ring substituents is 1. The van der Waals surface area contributed by atoms with Crippen LogP contribution in [-0.2, 0) is 10.0 Å². The van der Waals surface area contributed by atoms with Crippen molar-refractivity contribution < 1.29 is 13.3 Å². The average molecular weight is 451 g/mol. The summed E-state index contributed by atoms with van der Waals surface area (Å²) in [5.41, 5.74) is 3.36. The van der Waals surface area contributed by atoms with E-state index in [1.54, 1.807) is 6.92 Å². The third kappa shape index (κ3) is 5.11. The standard InChI is InChI=1S/C18H15ClN4O4S2/c1-12(17-3-2-10-28-17)20-21-16-9-8-15(23(24)25)11-18(16)29(26,27)22-14-6-4-13(19)5-7-14/h2-11,21-22H,1H3. The largest absolute Gasteiger partial charge is 0.280 e. The number of hydrazone groups is 1. The summed E-state index contributed by atoms with van der Waals surface area (Å²) in [6.45, 7) is 1.77. The van der Waals surface area contributed by atoms with E-state index in [1.165, 1.54) is 47.7 Å². The van der Waals surface area contributed by atoms with Crippen molar-refractivity contribution in [3.8, 4) is 0 Å². The molecule has 3 aromatic rings. The fourth-order valence-corrected chi connectivity index (χ4v) is 4.39. The van der Waals surface area contributed by atoms with Crippen molar-refractivity contribution in [1.82, 2.24) is 0 Å². The Hall–Kier alpha value is -2.95. The molecule has 0 radical (unpaired) electrons. The lowest BCUT2D eigenvalue weighted by atomic mass is 10.3. The van der Waals surface area contributed by atoms with E-state index < -0.39 is 14.9 Å². The van der Waals surface area contributed by atoms with Crippen LogP contribution in [0.15, 0.2) is 70.0 Å². The summed E-state index contributed by atoms with van der Waals surface area (Å²) in [6, 6.07) is 13.3. The molecule has 0 amide bonds. The van der Waals surface area contributed by atoms with E-state index in [0.29, 0.717) is 10.7 Å². The summed E-state index contributed by atoms with van der Waals surface area (Å²) in [4.78, 5) is 11.1. The first-order chi connectivity index (χ1) is 13.8. The number of hydrogen-bond acceptors (Lipinski definition) is 7. The molecule has 0 saturated carbocycles. The molecule has 8 nitrogen and oxygen atoms in total. The van der Waals surface area contributed by atoms with Gasteiger partial charge in [0.2, 0.25) is 0 Å². The average Bonchev–Trinajstić information content (AvgIpc) is 3.22. The van der Waals surface area contributed by atoms with E-state index >= 15 is 0 Å². The maximum Gasteiger partial charge on any atom is 0.270 e. The molecular weight excluding hydrogens is 436 g/mol. The molecule has 1 heterocycles. The lowest BCUT2D eigenvalue weighted by molar-refractivity contribution is -0.385. The second kappa shape index (κ2) is 8.60. The van der Waals surface area contributed by atoms with Gasteiger partial charge in [-0.15, -0.1) is 11.3 Å². The van der Waals surface area contributed by atoms with Crippen molar-refractivity contribution >= 4 is 55.7 Å². The van der Waals surface area contributed by atoms with E-state index in [-0.39, 0.29) is 22.0 Å². The highest BCUT2D eigenvalue weighted by Gasteiger charge is 2.23. The van der Waals surface area contributed by atoms with Crippen molar-refractivity contribution in [2.24, 2.45) is 5.10 Å². The maximum atomic E-state index is 12.9. The van der Waals surface area contributed by atoms with Crippen molar-refractivity contribution in [2.45, 2.75) is 11.8 Å². The van der Waals surface area contributed by atoms with Crippen LogP contribution in [0.4, 0.5) is 17.1 Å². The molecule has 0 bridgehead atoms. The molecule has 0 fully saturated rings. The molecule has 2 aromatic carbocycles. The van der Waals surface area contributed by atoms with Crippen molar-refractivity contribution in [1.29, 1.82) is 0 Å². The Morgan fingerprint density at radius 2 is 1.90 bits per heavy atom. The zero-order valence-corrected chi connectivity index (χ0v) is 17.4. The summed E-state index contributed by atoms with van der Waals surface area (Å²) in [7, 11) is -4.14. The second-order valence-electron chi connectivity index (χ2n) is 5.84. The first-order valence-electron chi connectivity index (χ1n) is 8.17. The minimum Gasteiger partial charge on any atom is -0.280 e. The van der Waals surface area contributed by atoms with Gasteiger partial charge in [0.25, 0.3) is 15.7 Å². The van der Waals surface area contributed by atoms with Crippen LogP contribution in [0.25, 0.3) is 0 Å². The Balaban J connectivity index is 1.98. The lowest BCUT2D eigenvalue weighted by Crippen LogP contribution is -2.15. The predicted octanol–water partition coefficient (Wildman–Crippen LogP) is 4.95.